The molecule has 118 valence electrons. The highest BCUT2D eigenvalue weighted by Gasteiger charge is 2.11. The number of carbonyl (C=O) groups excluding carboxylic acids is 1. The minimum Gasteiger partial charge on any atom is -0.497 e. The SMILES string of the molecule is COc1ccc2nnc(C(=O)NCCCn3ccnc3)nc2c1. The number of carbonyl (C=O) groups is 1. The Balaban J connectivity index is 1.61. The van der Waals surface area contributed by atoms with Crippen LogP contribution in [0.3, 0.4) is 0 Å². The summed E-state index contributed by atoms with van der Waals surface area (Å²) in [5, 5.41) is 10.7. The van der Waals surface area contributed by atoms with Crippen LogP contribution in [-0.4, -0.2) is 44.3 Å². The second-order valence-electron chi connectivity index (χ2n) is 4.90. The molecule has 0 spiro atoms. The molecule has 0 aliphatic rings. The van der Waals surface area contributed by atoms with E-state index < -0.39 is 0 Å². The molecule has 8 nitrogen and oxygen atoms in total. The first-order valence-corrected chi connectivity index (χ1v) is 7.18. The first-order chi connectivity index (χ1) is 11.3. The van der Waals surface area contributed by atoms with E-state index in [0.29, 0.717) is 23.3 Å². The number of benzene rings is 1. The number of aromatic nitrogens is 5. The largest absolute Gasteiger partial charge is 0.497 e. The first-order valence-electron chi connectivity index (χ1n) is 7.18. The number of imidazole rings is 1. The van der Waals surface area contributed by atoms with E-state index in [2.05, 4.69) is 25.5 Å². The van der Waals surface area contributed by atoms with Crippen molar-refractivity contribution in [1.29, 1.82) is 0 Å². The van der Waals surface area contributed by atoms with Crippen LogP contribution in [0.2, 0.25) is 0 Å². The van der Waals surface area contributed by atoms with Crippen molar-refractivity contribution in [2.24, 2.45) is 0 Å². The summed E-state index contributed by atoms with van der Waals surface area (Å²) < 4.78 is 7.09. The molecule has 0 aliphatic heterocycles. The molecule has 3 aromatic rings. The average Bonchev–Trinajstić information content (AvgIpc) is 3.11. The molecule has 0 bridgehead atoms. The number of ether oxygens (including phenoxy) is 1. The predicted molar refractivity (Wildman–Crippen MR) is 83.1 cm³/mol. The van der Waals surface area contributed by atoms with Crippen molar-refractivity contribution in [2.45, 2.75) is 13.0 Å². The van der Waals surface area contributed by atoms with Crippen molar-refractivity contribution in [3.63, 3.8) is 0 Å². The summed E-state index contributed by atoms with van der Waals surface area (Å²) in [6.07, 6.45) is 6.13. The highest BCUT2D eigenvalue weighted by molar-refractivity contribution is 5.91. The van der Waals surface area contributed by atoms with Gasteiger partial charge in [0.2, 0.25) is 5.82 Å². The summed E-state index contributed by atoms with van der Waals surface area (Å²) >= 11 is 0. The van der Waals surface area contributed by atoms with Gasteiger partial charge in [0, 0.05) is 31.5 Å². The minimum absolute atomic E-state index is 0.0494. The molecule has 8 heteroatoms. The van der Waals surface area contributed by atoms with Gasteiger partial charge in [-0.2, -0.15) is 0 Å². The van der Waals surface area contributed by atoms with Gasteiger partial charge in [0.1, 0.15) is 11.3 Å². The fraction of sp³-hybridized carbons (Fsp3) is 0.267. The van der Waals surface area contributed by atoms with Crippen LogP contribution in [0.5, 0.6) is 5.75 Å². The number of hydrogen-bond acceptors (Lipinski definition) is 6. The lowest BCUT2D eigenvalue weighted by Crippen LogP contribution is -2.27. The standard InChI is InChI=1S/C15H16N6O2/c1-23-11-3-4-12-13(9-11)18-14(20-19-12)15(22)17-5-2-7-21-8-6-16-10-21/h3-4,6,8-10H,2,5,7H2,1H3,(H,17,22). The van der Waals surface area contributed by atoms with Crippen molar-refractivity contribution in [1.82, 2.24) is 30.0 Å². The van der Waals surface area contributed by atoms with Crippen LogP contribution in [0.25, 0.3) is 11.0 Å². The van der Waals surface area contributed by atoms with Crippen molar-refractivity contribution in [3.8, 4) is 5.75 Å². The number of amides is 1. The van der Waals surface area contributed by atoms with E-state index >= 15 is 0 Å². The van der Waals surface area contributed by atoms with Crippen LogP contribution < -0.4 is 10.1 Å². The zero-order valence-corrected chi connectivity index (χ0v) is 12.6. The van der Waals surface area contributed by atoms with E-state index in [0.717, 1.165) is 13.0 Å². The van der Waals surface area contributed by atoms with Gasteiger partial charge >= 0.3 is 0 Å². The molecule has 1 amide bonds. The molecule has 0 saturated heterocycles. The van der Waals surface area contributed by atoms with E-state index in [1.54, 1.807) is 37.8 Å². The highest BCUT2D eigenvalue weighted by atomic mass is 16.5. The molecule has 2 heterocycles. The monoisotopic (exact) mass is 312 g/mol. The van der Waals surface area contributed by atoms with E-state index in [1.807, 2.05) is 10.8 Å². The van der Waals surface area contributed by atoms with Gasteiger partial charge in [-0.1, -0.05) is 0 Å². The summed E-state index contributed by atoms with van der Waals surface area (Å²) in [5.74, 6) is 0.367. The van der Waals surface area contributed by atoms with Gasteiger partial charge in [-0.15, -0.1) is 10.2 Å². The highest BCUT2D eigenvalue weighted by Crippen LogP contribution is 2.16. The molecule has 2 aromatic heterocycles. The molecule has 0 atom stereocenters. The van der Waals surface area contributed by atoms with Crippen molar-refractivity contribution in [3.05, 3.63) is 42.7 Å². The van der Waals surface area contributed by atoms with Gasteiger partial charge in [-0.25, -0.2) is 9.97 Å². The number of aryl methyl sites for hydroxylation is 1. The maximum Gasteiger partial charge on any atom is 0.291 e. The Labute approximate surface area is 132 Å². The van der Waals surface area contributed by atoms with Gasteiger partial charge in [-0.3, -0.25) is 4.79 Å². The zero-order chi connectivity index (χ0) is 16.1. The molecular weight excluding hydrogens is 296 g/mol. The van der Waals surface area contributed by atoms with Crippen LogP contribution in [0.1, 0.15) is 17.0 Å². The maximum absolute atomic E-state index is 12.1. The van der Waals surface area contributed by atoms with Crippen LogP contribution in [0, 0.1) is 0 Å². The summed E-state index contributed by atoms with van der Waals surface area (Å²) in [7, 11) is 1.57. The second kappa shape index (κ2) is 6.82. The smallest absolute Gasteiger partial charge is 0.291 e. The van der Waals surface area contributed by atoms with Crippen LogP contribution in [0.15, 0.2) is 36.9 Å². The second-order valence-corrected chi connectivity index (χ2v) is 4.90. The molecular formula is C15H16N6O2. The quantitative estimate of drug-likeness (QED) is 0.684. The normalized spacial score (nSPS) is 10.7. The lowest BCUT2D eigenvalue weighted by Gasteiger charge is -2.05. The van der Waals surface area contributed by atoms with E-state index in [9.17, 15) is 4.79 Å². The first kappa shape index (κ1) is 14.9. The molecule has 0 unspecified atom stereocenters. The van der Waals surface area contributed by atoms with E-state index in [4.69, 9.17) is 4.74 Å². The Kier molecular flexibility index (Phi) is 4.41. The third kappa shape index (κ3) is 3.60. The summed E-state index contributed by atoms with van der Waals surface area (Å²) in [6, 6.07) is 5.25. The van der Waals surface area contributed by atoms with Gasteiger partial charge < -0.3 is 14.6 Å². The van der Waals surface area contributed by atoms with Crippen LogP contribution in [-0.2, 0) is 6.54 Å². The number of nitrogens with zero attached hydrogens (tertiary/aromatic N) is 5. The number of methoxy groups -OCH3 is 1. The maximum atomic E-state index is 12.1. The zero-order valence-electron chi connectivity index (χ0n) is 12.6. The fourth-order valence-electron chi connectivity index (χ4n) is 2.10. The minimum atomic E-state index is -0.340. The molecule has 0 radical (unpaired) electrons. The Morgan fingerprint density at radius 1 is 1.30 bits per heavy atom. The number of hydrogen-bond donors (Lipinski definition) is 1. The molecule has 3 rings (SSSR count). The van der Waals surface area contributed by atoms with Crippen molar-refractivity contribution in [2.75, 3.05) is 13.7 Å². The Morgan fingerprint density at radius 2 is 2.22 bits per heavy atom. The summed E-state index contributed by atoms with van der Waals surface area (Å²) in [5.41, 5.74) is 1.19. The number of fused-ring (bicyclic) bond motifs is 1. The molecule has 1 N–H and O–H groups in total. The Hall–Kier alpha value is -3.03. The molecule has 0 aliphatic carbocycles. The van der Waals surface area contributed by atoms with Gasteiger partial charge in [0.25, 0.3) is 5.91 Å². The van der Waals surface area contributed by atoms with Gasteiger partial charge in [0.15, 0.2) is 0 Å². The lowest BCUT2D eigenvalue weighted by atomic mass is 10.3. The number of rotatable bonds is 6. The van der Waals surface area contributed by atoms with E-state index in [1.165, 1.54) is 0 Å². The predicted octanol–water partition coefficient (Wildman–Crippen LogP) is 1.05. The lowest BCUT2D eigenvalue weighted by molar-refractivity contribution is 0.0941. The Morgan fingerprint density at radius 3 is 3.00 bits per heavy atom. The average molecular weight is 312 g/mol. The number of nitrogens with one attached hydrogen (secondary N) is 1. The van der Waals surface area contributed by atoms with Crippen LogP contribution in [0.4, 0.5) is 0 Å². The van der Waals surface area contributed by atoms with Gasteiger partial charge in [-0.05, 0) is 18.6 Å². The molecule has 23 heavy (non-hydrogen) atoms. The fourth-order valence-corrected chi connectivity index (χ4v) is 2.10. The summed E-state index contributed by atoms with van der Waals surface area (Å²) in [4.78, 5) is 20.3. The van der Waals surface area contributed by atoms with Crippen molar-refractivity contribution < 1.29 is 9.53 Å². The van der Waals surface area contributed by atoms with Crippen LogP contribution >= 0.6 is 0 Å². The molecule has 1 aromatic carbocycles. The summed E-state index contributed by atoms with van der Waals surface area (Å²) in [6.45, 7) is 1.31. The molecule has 0 saturated carbocycles. The van der Waals surface area contributed by atoms with Gasteiger partial charge in [0.05, 0.1) is 19.0 Å². The topological polar surface area (TPSA) is 94.8 Å². The Bertz CT molecular complexity index is 803. The van der Waals surface area contributed by atoms with Crippen molar-refractivity contribution >= 4 is 16.9 Å². The molecule has 0 fully saturated rings. The van der Waals surface area contributed by atoms with E-state index in [-0.39, 0.29) is 11.7 Å². The third-order valence-electron chi connectivity index (χ3n) is 3.30. The third-order valence-corrected chi connectivity index (χ3v) is 3.30.